The number of fused-ring (bicyclic) bond motifs is 1. The quantitative estimate of drug-likeness (QED) is 0.631. The summed E-state index contributed by atoms with van der Waals surface area (Å²) in [6, 6.07) is 15.2. The fourth-order valence-corrected chi connectivity index (χ4v) is 2.53. The van der Waals surface area contributed by atoms with Crippen molar-refractivity contribution in [2.24, 2.45) is 0 Å². The predicted molar refractivity (Wildman–Crippen MR) is 88.4 cm³/mol. The molecule has 3 aromatic rings. The highest BCUT2D eigenvalue weighted by Gasteiger charge is 2.13. The molecule has 0 atom stereocenters. The first-order valence-electron chi connectivity index (χ1n) is 7.27. The average molecular weight is 276 g/mol. The maximum atomic E-state index is 4.31. The second-order valence-corrected chi connectivity index (χ2v) is 6.52. The second kappa shape index (κ2) is 4.96. The van der Waals surface area contributed by atoms with E-state index in [0.29, 0.717) is 0 Å². The lowest BCUT2D eigenvalue weighted by atomic mass is 9.86. The lowest BCUT2D eigenvalue weighted by Crippen LogP contribution is -2.10. The Balaban J connectivity index is 2.06. The van der Waals surface area contributed by atoms with Gasteiger partial charge >= 0.3 is 0 Å². The molecular formula is C19H20N2. The SMILES string of the molecule is Cc1ncnc2ccc(-c3ccc(C(C)(C)C)cc3)cc12. The first kappa shape index (κ1) is 13.7. The number of aryl methyl sites for hydroxylation is 1. The summed E-state index contributed by atoms with van der Waals surface area (Å²) in [5.41, 5.74) is 6.00. The van der Waals surface area contributed by atoms with Gasteiger partial charge in [-0.15, -0.1) is 0 Å². The molecule has 21 heavy (non-hydrogen) atoms. The van der Waals surface area contributed by atoms with E-state index in [1.165, 1.54) is 16.7 Å². The van der Waals surface area contributed by atoms with E-state index >= 15 is 0 Å². The average Bonchev–Trinajstić information content (AvgIpc) is 2.47. The lowest BCUT2D eigenvalue weighted by molar-refractivity contribution is 0.590. The van der Waals surface area contributed by atoms with Crippen LogP contribution in [0.5, 0.6) is 0 Å². The van der Waals surface area contributed by atoms with Gasteiger partial charge < -0.3 is 0 Å². The van der Waals surface area contributed by atoms with Crippen molar-refractivity contribution in [3.8, 4) is 11.1 Å². The van der Waals surface area contributed by atoms with Crippen LogP contribution in [0.4, 0.5) is 0 Å². The van der Waals surface area contributed by atoms with Gasteiger partial charge in [-0.05, 0) is 41.2 Å². The number of aromatic nitrogens is 2. The molecule has 2 aromatic carbocycles. The molecule has 3 rings (SSSR count). The Kier molecular flexibility index (Phi) is 3.25. The molecule has 1 aromatic heterocycles. The molecule has 0 radical (unpaired) electrons. The highest BCUT2D eigenvalue weighted by molar-refractivity contribution is 5.85. The Morgan fingerprint density at radius 1 is 0.810 bits per heavy atom. The summed E-state index contributed by atoms with van der Waals surface area (Å²) in [4.78, 5) is 8.59. The van der Waals surface area contributed by atoms with E-state index in [1.807, 2.05) is 6.92 Å². The van der Waals surface area contributed by atoms with E-state index in [4.69, 9.17) is 0 Å². The number of nitrogens with zero attached hydrogens (tertiary/aromatic N) is 2. The molecule has 0 saturated heterocycles. The largest absolute Gasteiger partial charge is 0.241 e. The Labute approximate surface area is 125 Å². The van der Waals surface area contributed by atoms with Gasteiger partial charge in [-0.2, -0.15) is 0 Å². The van der Waals surface area contributed by atoms with Crippen molar-refractivity contribution in [1.29, 1.82) is 0 Å². The van der Waals surface area contributed by atoms with E-state index in [2.05, 4.69) is 73.2 Å². The van der Waals surface area contributed by atoms with Crippen LogP contribution in [0.15, 0.2) is 48.8 Å². The highest BCUT2D eigenvalue weighted by atomic mass is 14.8. The van der Waals surface area contributed by atoms with Crippen molar-refractivity contribution in [2.45, 2.75) is 33.1 Å². The smallest absolute Gasteiger partial charge is 0.116 e. The topological polar surface area (TPSA) is 25.8 Å². The van der Waals surface area contributed by atoms with Crippen LogP contribution in [-0.4, -0.2) is 9.97 Å². The highest BCUT2D eigenvalue weighted by Crippen LogP contribution is 2.28. The van der Waals surface area contributed by atoms with Crippen molar-refractivity contribution >= 4 is 10.9 Å². The Morgan fingerprint density at radius 3 is 2.14 bits per heavy atom. The Hall–Kier alpha value is -2.22. The minimum Gasteiger partial charge on any atom is -0.241 e. The summed E-state index contributed by atoms with van der Waals surface area (Å²) in [7, 11) is 0. The van der Waals surface area contributed by atoms with Gasteiger partial charge in [0.1, 0.15) is 6.33 Å². The Bertz CT molecular complexity index is 781. The van der Waals surface area contributed by atoms with Crippen molar-refractivity contribution < 1.29 is 0 Å². The standard InChI is InChI=1S/C19H20N2/c1-13-17-11-15(7-10-18(17)21-12-20-13)14-5-8-16(9-6-14)19(2,3)4/h5-12H,1-4H3. The third-order valence-corrected chi connectivity index (χ3v) is 3.92. The van der Waals surface area contributed by atoms with E-state index < -0.39 is 0 Å². The molecule has 0 spiro atoms. The first-order chi connectivity index (χ1) is 9.95. The van der Waals surface area contributed by atoms with Gasteiger partial charge in [-0.1, -0.05) is 51.1 Å². The third-order valence-electron chi connectivity index (χ3n) is 3.92. The summed E-state index contributed by atoms with van der Waals surface area (Å²) >= 11 is 0. The molecule has 0 fully saturated rings. The zero-order chi connectivity index (χ0) is 15.0. The minimum absolute atomic E-state index is 0.187. The molecule has 0 aliphatic carbocycles. The molecule has 0 bridgehead atoms. The maximum Gasteiger partial charge on any atom is 0.116 e. The van der Waals surface area contributed by atoms with Crippen LogP contribution in [-0.2, 0) is 5.41 Å². The number of hydrogen-bond donors (Lipinski definition) is 0. The van der Waals surface area contributed by atoms with E-state index in [-0.39, 0.29) is 5.41 Å². The number of rotatable bonds is 1. The molecule has 0 unspecified atom stereocenters. The molecule has 1 heterocycles. The summed E-state index contributed by atoms with van der Waals surface area (Å²) in [6.45, 7) is 8.73. The monoisotopic (exact) mass is 276 g/mol. The fourth-order valence-electron chi connectivity index (χ4n) is 2.53. The van der Waals surface area contributed by atoms with Crippen molar-refractivity contribution in [1.82, 2.24) is 9.97 Å². The molecule has 0 saturated carbocycles. The summed E-state index contributed by atoms with van der Waals surface area (Å²) < 4.78 is 0. The van der Waals surface area contributed by atoms with E-state index in [9.17, 15) is 0 Å². The number of hydrogen-bond acceptors (Lipinski definition) is 2. The van der Waals surface area contributed by atoms with E-state index in [1.54, 1.807) is 6.33 Å². The number of benzene rings is 2. The van der Waals surface area contributed by atoms with Crippen LogP contribution in [0.1, 0.15) is 32.0 Å². The molecule has 0 aliphatic heterocycles. The predicted octanol–water partition coefficient (Wildman–Crippen LogP) is 4.90. The van der Waals surface area contributed by atoms with Crippen molar-refractivity contribution in [3.63, 3.8) is 0 Å². The third kappa shape index (κ3) is 2.66. The molecule has 2 nitrogen and oxygen atoms in total. The summed E-state index contributed by atoms with van der Waals surface area (Å²) in [6.07, 6.45) is 1.62. The minimum atomic E-state index is 0.187. The zero-order valence-corrected chi connectivity index (χ0v) is 13.0. The molecule has 0 N–H and O–H groups in total. The van der Waals surface area contributed by atoms with Gasteiger partial charge in [0.2, 0.25) is 0 Å². The van der Waals surface area contributed by atoms with Gasteiger partial charge in [0.25, 0.3) is 0 Å². The molecule has 0 amide bonds. The van der Waals surface area contributed by atoms with Gasteiger partial charge in [-0.25, -0.2) is 9.97 Å². The van der Waals surface area contributed by atoms with Crippen LogP contribution in [0.25, 0.3) is 22.0 Å². The lowest BCUT2D eigenvalue weighted by Gasteiger charge is -2.19. The normalized spacial score (nSPS) is 11.8. The van der Waals surface area contributed by atoms with Gasteiger partial charge in [-0.3, -0.25) is 0 Å². The zero-order valence-electron chi connectivity index (χ0n) is 13.0. The van der Waals surface area contributed by atoms with Crippen LogP contribution in [0, 0.1) is 6.92 Å². The summed E-state index contributed by atoms with van der Waals surface area (Å²) in [5, 5.41) is 1.12. The first-order valence-corrected chi connectivity index (χ1v) is 7.27. The fraction of sp³-hybridized carbons (Fsp3) is 0.263. The van der Waals surface area contributed by atoms with Crippen LogP contribution < -0.4 is 0 Å². The molecule has 2 heteroatoms. The molecule has 106 valence electrons. The van der Waals surface area contributed by atoms with E-state index in [0.717, 1.165) is 16.6 Å². The van der Waals surface area contributed by atoms with Gasteiger partial charge in [0, 0.05) is 11.1 Å². The van der Waals surface area contributed by atoms with Crippen LogP contribution in [0.3, 0.4) is 0 Å². The van der Waals surface area contributed by atoms with Crippen molar-refractivity contribution in [2.75, 3.05) is 0 Å². The van der Waals surface area contributed by atoms with Gasteiger partial charge in [0.15, 0.2) is 0 Å². The van der Waals surface area contributed by atoms with Crippen molar-refractivity contribution in [3.05, 3.63) is 60.0 Å². The Morgan fingerprint density at radius 2 is 1.48 bits per heavy atom. The van der Waals surface area contributed by atoms with Gasteiger partial charge in [0.05, 0.1) is 5.52 Å². The summed E-state index contributed by atoms with van der Waals surface area (Å²) in [5.74, 6) is 0. The molecule has 0 aliphatic rings. The second-order valence-electron chi connectivity index (χ2n) is 6.52. The van der Waals surface area contributed by atoms with Crippen LogP contribution >= 0.6 is 0 Å². The maximum absolute atomic E-state index is 4.31. The molecular weight excluding hydrogens is 256 g/mol. The van der Waals surface area contributed by atoms with Crippen LogP contribution in [0.2, 0.25) is 0 Å².